The summed E-state index contributed by atoms with van der Waals surface area (Å²) in [5, 5.41) is 5.86. The fourth-order valence-electron chi connectivity index (χ4n) is 3.89. The normalized spacial score (nSPS) is 14.3. The maximum Gasteiger partial charge on any atom is 0.251 e. The molecule has 8 heteroatoms. The van der Waals surface area contributed by atoms with Crippen LogP contribution >= 0.6 is 0 Å². The summed E-state index contributed by atoms with van der Waals surface area (Å²) in [5.41, 5.74) is 3.03. The first-order valence-corrected chi connectivity index (χ1v) is 11.6. The molecule has 2 aromatic carbocycles. The summed E-state index contributed by atoms with van der Waals surface area (Å²) in [6, 6.07) is 13.0. The maximum atomic E-state index is 12.8. The molecule has 34 heavy (non-hydrogen) atoms. The van der Waals surface area contributed by atoms with E-state index >= 15 is 0 Å². The van der Waals surface area contributed by atoms with Crippen LogP contribution in [0.1, 0.15) is 44.1 Å². The van der Waals surface area contributed by atoms with Gasteiger partial charge in [-0.15, -0.1) is 0 Å². The van der Waals surface area contributed by atoms with Gasteiger partial charge in [0.05, 0.1) is 13.2 Å². The summed E-state index contributed by atoms with van der Waals surface area (Å²) >= 11 is 0. The number of nitrogens with one attached hydrogen (secondary N) is 2. The van der Waals surface area contributed by atoms with Crippen molar-refractivity contribution in [3.05, 3.63) is 82.9 Å². The van der Waals surface area contributed by atoms with Crippen molar-refractivity contribution in [3.63, 3.8) is 0 Å². The fraction of sp³-hybridized carbons (Fsp3) is 0.346. The first-order chi connectivity index (χ1) is 16.6. The van der Waals surface area contributed by atoms with E-state index in [-0.39, 0.29) is 11.8 Å². The summed E-state index contributed by atoms with van der Waals surface area (Å²) in [6.45, 7) is 5.00. The summed E-state index contributed by atoms with van der Waals surface area (Å²) in [7, 11) is 0. The molecule has 0 saturated carbocycles. The molecule has 1 aliphatic rings. The molecule has 2 amide bonds. The highest BCUT2D eigenvalue weighted by atomic mass is 16.5. The minimum atomic E-state index is -0.127. The molecule has 3 aromatic rings. The van der Waals surface area contributed by atoms with E-state index in [0.717, 1.165) is 29.9 Å². The molecule has 0 aliphatic carbocycles. The Bertz CT molecular complexity index is 1140. The van der Waals surface area contributed by atoms with Crippen molar-refractivity contribution in [1.82, 2.24) is 20.2 Å². The molecule has 0 spiro atoms. The van der Waals surface area contributed by atoms with Gasteiger partial charge in [0.25, 0.3) is 11.8 Å². The van der Waals surface area contributed by atoms with Crippen LogP contribution in [-0.4, -0.2) is 54.3 Å². The highest BCUT2D eigenvalue weighted by Crippen LogP contribution is 2.24. The number of benzene rings is 2. The second kappa shape index (κ2) is 11.5. The van der Waals surface area contributed by atoms with Crippen molar-refractivity contribution in [2.24, 2.45) is 0 Å². The third-order valence-corrected chi connectivity index (χ3v) is 5.71. The van der Waals surface area contributed by atoms with Gasteiger partial charge < -0.3 is 24.7 Å². The van der Waals surface area contributed by atoms with Gasteiger partial charge in [0.15, 0.2) is 0 Å². The Labute approximate surface area is 199 Å². The Balaban J connectivity index is 1.47. The SMILES string of the molecule is Cc1nccn1CCCNC(=O)c1ccc2c(c1)Cc1cccc(c1)C(=O)NCCOCCO2. The number of amides is 2. The number of hydrogen-bond donors (Lipinski definition) is 2. The second-order valence-electron chi connectivity index (χ2n) is 8.19. The first-order valence-electron chi connectivity index (χ1n) is 11.6. The lowest BCUT2D eigenvalue weighted by atomic mass is 9.99. The number of hydrogen-bond acceptors (Lipinski definition) is 5. The topological polar surface area (TPSA) is 94.5 Å². The van der Waals surface area contributed by atoms with Crippen LogP contribution in [0.15, 0.2) is 54.9 Å². The summed E-state index contributed by atoms with van der Waals surface area (Å²) in [4.78, 5) is 29.4. The summed E-state index contributed by atoms with van der Waals surface area (Å²) in [5.74, 6) is 1.42. The van der Waals surface area contributed by atoms with Crippen molar-refractivity contribution in [2.45, 2.75) is 26.3 Å². The van der Waals surface area contributed by atoms with Crippen LogP contribution in [0, 0.1) is 6.92 Å². The van der Waals surface area contributed by atoms with Gasteiger partial charge in [-0.25, -0.2) is 4.98 Å². The van der Waals surface area contributed by atoms with Gasteiger partial charge in [-0.2, -0.15) is 0 Å². The van der Waals surface area contributed by atoms with E-state index in [1.165, 1.54) is 0 Å². The fourth-order valence-corrected chi connectivity index (χ4v) is 3.89. The average molecular weight is 463 g/mol. The van der Waals surface area contributed by atoms with Gasteiger partial charge in [0.1, 0.15) is 18.2 Å². The van der Waals surface area contributed by atoms with E-state index in [1.54, 1.807) is 18.3 Å². The van der Waals surface area contributed by atoms with E-state index in [2.05, 4.69) is 20.2 Å². The van der Waals surface area contributed by atoms with Crippen molar-refractivity contribution >= 4 is 11.8 Å². The van der Waals surface area contributed by atoms with Crippen LogP contribution in [-0.2, 0) is 17.7 Å². The molecule has 1 aromatic heterocycles. The Hall–Kier alpha value is -3.65. The third-order valence-electron chi connectivity index (χ3n) is 5.71. The number of rotatable bonds is 5. The monoisotopic (exact) mass is 462 g/mol. The van der Waals surface area contributed by atoms with Crippen molar-refractivity contribution in [2.75, 3.05) is 32.9 Å². The molecular formula is C26H30N4O4. The number of fused-ring (bicyclic) bond motifs is 3. The largest absolute Gasteiger partial charge is 0.491 e. The Morgan fingerprint density at radius 3 is 2.94 bits per heavy atom. The molecule has 178 valence electrons. The molecule has 2 heterocycles. The minimum absolute atomic E-state index is 0.124. The van der Waals surface area contributed by atoms with Gasteiger partial charge in [0.2, 0.25) is 0 Å². The molecule has 0 fully saturated rings. The molecule has 1 aliphatic heterocycles. The van der Waals surface area contributed by atoms with Crippen LogP contribution in [0.2, 0.25) is 0 Å². The van der Waals surface area contributed by atoms with Crippen molar-refractivity contribution in [3.8, 4) is 5.75 Å². The predicted octanol–water partition coefficient (Wildman–Crippen LogP) is 2.74. The van der Waals surface area contributed by atoms with Crippen molar-refractivity contribution < 1.29 is 19.1 Å². The molecule has 0 radical (unpaired) electrons. The van der Waals surface area contributed by atoms with Crippen LogP contribution in [0.4, 0.5) is 0 Å². The first kappa shape index (κ1) is 23.5. The second-order valence-corrected chi connectivity index (χ2v) is 8.19. The molecule has 8 nitrogen and oxygen atoms in total. The Morgan fingerprint density at radius 2 is 2.09 bits per heavy atom. The number of aryl methyl sites for hydroxylation is 2. The highest BCUT2D eigenvalue weighted by molar-refractivity contribution is 5.95. The number of carbonyl (C=O) groups is 2. The van der Waals surface area contributed by atoms with Crippen LogP contribution < -0.4 is 15.4 Å². The minimum Gasteiger partial charge on any atom is -0.491 e. The highest BCUT2D eigenvalue weighted by Gasteiger charge is 2.13. The van der Waals surface area contributed by atoms with Gasteiger partial charge in [0, 0.05) is 49.6 Å². The van der Waals surface area contributed by atoms with Crippen LogP contribution in [0.3, 0.4) is 0 Å². The Morgan fingerprint density at radius 1 is 1.18 bits per heavy atom. The van der Waals surface area contributed by atoms with Crippen LogP contribution in [0.5, 0.6) is 5.75 Å². The zero-order valence-electron chi connectivity index (χ0n) is 19.4. The van der Waals surface area contributed by atoms with E-state index in [9.17, 15) is 9.59 Å². The van der Waals surface area contributed by atoms with Gasteiger partial charge in [-0.1, -0.05) is 12.1 Å². The summed E-state index contributed by atoms with van der Waals surface area (Å²) < 4.78 is 13.6. The van der Waals surface area contributed by atoms with E-state index in [1.807, 2.05) is 43.5 Å². The van der Waals surface area contributed by atoms with Gasteiger partial charge in [-0.05, 0) is 54.8 Å². The van der Waals surface area contributed by atoms with Crippen molar-refractivity contribution in [1.29, 1.82) is 0 Å². The predicted molar refractivity (Wildman–Crippen MR) is 128 cm³/mol. The lowest BCUT2D eigenvalue weighted by Crippen LogP contribution is -2.28. The van der Waals surface area contributed by atoms with Gasteiger partial charge >= 0.3 is 0 Å². The average Bonchev–Trinajstić information content (AvgIpc) is 3.25. The molecule has 0 atom stereocenters. The molecular weight excluding hydrogens is 432 g/mol. The standard InChI is InChI=1S/C26H30N4O4/c1-19-27-9-12-30(19)11-3-8-28-26(32)22-6-7-24-23(18-22)17-20-4-2-5-21(16-20)25(31)29-10-13-33-14-15-34-24/h2,4-7,9,12,16,18H,3,8,10-11,13-15,17H2,1H3,(H,28,32)(H,29,31). The van der Waals surface area contributed by atoms with E-state index < -0.39 is 0 Å². The molecule has 4 rings (SSSR count). The summed E-state index contributed by atoms with van der Waals surface area (Å²) in [6.07, 6.45) is 5.07. The Kier molecular flexibility index (Phi) is 7.93. The maximum absolute atomic E-state index is 12.8. The van der Waals surface area contributed by atoms with E-state index in [4.69, 9.17) is 9.47 Å². The number of ether oxygens (including phenoxy) is 2. The van der Waals surface area contributed by atoms with E-state index in [0.29, 0.717) is 56.2 Å². The lowest BCUT2D eigenvalue weighted by molar-refractivity contribution is 0.0865. The van der Waals surface area contributed by atoms with Gasteiger partial charge in [-0.3, -0.25) is 9.59 Å². The number of nitrogens with zero attached hydrogens (tertiary/aromatic N) is 2. The lowest BCUT2D eigenvalue weighted by Gasteiger charge is -2.15. The molecule has 2 N–H and O–H groups in total. The third kappa shape index (κ3) is 6.23. The molecule has 0 unspecified atom stereocenters. The zero-order valence-corrected chi connectivity index (χ0v) is 19.4. The molecule has 0 saturated heterocycles. The zero-order chi connectivity index (χ0) is 23.8. The number of aromatic nitrogens is 2. The van der Waals surface area contributed by atoms with Crippen LogP contribution in [0.25, 0.3) is 0 Å². The smallest absolute Gasteiger partial charge is 0.251 e. The quantitative estimate of drug-likeness (QED) is 0.569. The number of carbonyl (C=O) groups excluding carboxylic acids is 2. The number of imidazole rings is 1. The molecule has 2 bridgehead atoms.